The van der Waals surface area contributed by atoms with Gasteiger partial charge in [0, 0.05) is 31.3 Å². The van der Waals surface area contributed by atoms with E-state index in [1.54, 1.807) is 6.07 Å². The molecule has 1 aliphatic heterocycles. The third-order valence-corrected chi connectivity index (χ3v) is 8.57. The Morgan fingerprint density at radius 2 is 1.76 bits per heavy atom. The van der Waals surface area contributed by atoms with Crippen molar-refractivity contribution in [1.29, 1.82) is 0 Å². The molecule has 5 aliphatic rings. The van der Waals surface area contributed by atoms with Gasteiger partial charge in [-0.3, -0.25) is 14.9 Å². The number of benzene rings is 1. The summed E-state index contributed by atoms with van der Waals surface area (Å²) in [6, 6.07) is 4.32. The van der Waals surface area contributed by atoms with Gasteiger partial charge in [0.2, 0.25) is 0 Å². The zero-order valence-electron chi connectivity index (χ0n) is 19.3. The normalized spacial score (nSPS) is 30.8. The molecular formula is C25H33N3O5. The third kappa shape index (κ3) is 4.32. The van der Waals surface area contributed by atoms with Gasteiger partial charge in [-0.1, -0.05) is 0 Å². The summed E-state index contributed by atoms with van der Waals surface area (Å²) in [5, 5.41) is 14.3. The molecule has 1 aromatic carbocycles. The summed E-state index contributed by atoms with van der Waals surface area (Å²) in [7, 11) is 0. The van der Waals surface area contributed by atoms with E-state index in [1.807, 2.05) is 4.90 Å². The van der Waals surface area contributed by atoms with Crippen molar-refractivity contribution in [2.24, 2.45) is 23.2 Å². The van der Waals surface area contributed by atoms with Crippen molar-refractivity contribution in [2.75, 3.05) is 24.6 Å². The SMILES string of the molecule is C[C@@H](NC(=O)COC(=O)c1cc([N+](=O)[O-])ccc1N1CCCC1)C12CC3CC(CC(C3)C1)C2. The quantitative estimate of drug-likeness (QED) is 0.378. The fourth-order valence-electron chi connectivity index (χ4n) is 7.39. The minimum Gasteiger partial charge on any atom is -0.452 e. The summed E-state index contributed by atoms with van der Waals surface area (Å²) < 4.78 is 5.34. The molecule has 0 spiro atoms. The monoisotopic (exact) mass is 455 g/mol. The first-order chi connectivity index (χ1) is 15.8. The van der Waals surface area contributed by atoms with Crippen LogP contribution in [-0.2, 0) is 9.53 Å². The largest absolute Gasteiger partial charge is 0.452 e. The number of ether oxygens (including phenoxy) is 1. The summed E-state index contributed by atoms with van der Waals surface area (Å²) in [4.78, 5) is 38.3. The van der Waals surface area contributed by atoms with E-state index in [-0.39, 0.29) is 35.2 Å². The lowest BCUT2D eigenvalue weighted by Gasteiger charge is -2.59. The molecular weight excluding hydrogens is 422 g/mol. The lowest BCUT2D eigenvalue weighted by molar-refractivity contribution is -0.384. The first-order valence-electron chi connectivity index (χ1n) is 12.3. The molecule has 1 N–H and O–H groups in total. The van der Waals surface area contributed by atoms with Crippen molar-refractivity contribution in [3.05, 3.63) is 33.9 Å². The van der Waals surface area contributed by atoms with Gasteiger partial charge >= 0.3 is 5.97 Å². The number of nitro groups is 1. The van der Waals surface area contributed by atoms with Crippen molar-refractivity contribution in [1.82, 2.24) is 5.32 Å². The van der Waals surface area contributed by atoms with E-state index in [0.717, 1.165) is 43.7 Å². The number of esters is 1. The van der Waals surface area contributed by atoms with Crippen molar-refractivity contribution in [3.63, 3.8) is 0 Å². The van der Waals surface area contributed by atoms with Crippen LogP contribution in [0.3, 0.4) is 0 Å². The highest BCUT2D eigenvalue weighted by Gasteiger charge is 2.53. The second kappa shape index (κ2) is 8.61. The minimum absolute atomic E-state index is 0.0510. The Kier molecular flexibility index (Phi) is 5.79. The lowest BCUT2D eigenvalue weighted by atomic mass is 9.48. The van der Waals surface area contributed by atoms with Crippen LogP contribution in [0.1, 0.15) is 68.6 Å². The molecule has 4 aliphatic carbocycles. The number of amides is 1. The maximum Gasteiger partial charge on any atom is 0.341 e. The average molecular weight is 456 g/mol. The van der Waals surface area contributed by atoms with Gasteiger partial charge in [-0.25, -0.2) is 4.79 Å². The summed E-state index contributed by atoms with van der Waals surface area (Å²) in [5.41, 5.74) is 0.792. The number of nitrogens with zero attached hydrogens (tertiary/aromatic N) is 2. The topological polar surface area (TPSA) is 102 Å². The fraction of sp³-hybridized carbons (Fsp3) is 0.680. The number of rotatable bonds is 7. The third-order valence-electron chi connectivity index (χ3n) is 8.57. The molecule has 1 heterocycles. The van der Waals surface area contributed by atoms with Gasteiger partial charge in [0.15, 0.2) is 6.61 Å². The van der Waals surface area contributed by atoms with E-state index >= 15 is 0 Å². The average Bonchev–Trinajstić information content (AvgIpc) is 3.31. The van der Waals surface area contributed by atoms with Gasteiger partial charge in [-0.15, -0.1) is 0 Å². The van der Waals surface area contributed by atoms with Crippen LogP contribution in [0, 0.1) is 33.3 Å². The Morgan fingerprint density at radius 1 is 1.15 bits per heavy atom. The predicted molar refractivity (Wildman–Crippen MR) is 123 cm³/mol. The van der Waals surface area contributed by atoms with Crippen LogP contribution in [0.5, 0.6) is 0 Å². The van der Waals surface area contributed by atoms with E-state index in [4.69, 9.17) is 4.74 Å². The van der Waals surface area contributed by atoms with Crippen molar-refractivity contribution >= 4 is 23.3 Å². The second-order valence-corrected chi connectivity index (χ2v) is 10.8. The molecule has 0 aromatic heterocycles. The zero-order chi connectivity index (χ0) is 23.2. The molecule has 1 amide bonds. The van der Waals surface area contributed by atoms with Gasteiger partial charge in [-0.2, -0.15) is 0 Å². The van der Waals surface area contributed by atoms with Crippen LogP contribution in [-0.4, -0.2) is 42.5 Å². The Labute approximate surface area is 194 Å². The van der Waals surface area contributed by atoms with Crippen LogP contribution in [0.25, 0.3) is 0 Å². The molecule has 1 aromatic rings. The Morgan fingerprint density at radius 3 is 2.33 bits per heavy atom. The molecule has 5 fully saturated rings. The number of nitrogens with one attached hydrogen (secondary N) is 1. The van der Waals surface area contributed by atoms with E-state index in [1.165, 1.54) is 50.7 Å². The highest BCUT2D eigenvalue weighted by molar-refractivity contribution is 5.97. The molecule has 8 nitrogen and oxygen atoms in total. The van der Waals surface area contributed by atoms with Crippen LogP contribution in [0.4, 0.5) is 11.4 Å². The van der Waals surface area contributed by atoms with Gasteiger partial charge in [0.1, 0.15) is 0 Å². The minimum atomic E-state index is -0.696. The Balaban J connectivity index is 1.22. The van der Waals surface area contributed by atoms with Crippen LogP contribution < -0.4 is 10.2 Å². The molecule has 1 atom stereocenters. The Hall–Kier alpha value is -2.64. The predicted octanol–water partition coefficient (Wildman–Crippen LogP) is 4.07. The summed E-state index contributed by atoms with van der Waals surface area (Å²) in [6.07, 6.45) is 9.62. The van der Waals surface area contributed by atoms with E-state index in [2.05, 4.69) is 12.2 Å². The van der Waals surface area contributed by atoms with Gasteiger partial charge < -0.3 is 15.0 Å². The number of carbonyl (C=O) groups excluding carboxylic acids is 2. The van der Waals surface area contributed by atoms with Crippen LogP contribution in [0.2, 0.25) is 0 Å². The summed E-state index contributed by atoms with van der Waals surface area (Å²) >= 11 is 0. The van der Waals surface area contributed by atoms with Gasteiger partial charge in [0.25, 0.3) is 11.6 Å². The number of anilines is 1. The maximum atomic E-state index is 12.9. The molecule has 0 radical (unpaired) electrons. The van der Waals surface area contributed by atoms with E-state index < -0.39 is 10.9 Å². The van der Waals surface area contributed by atoms with Crippen molar-refractivity contribution in [3.8, 4) is 0 Å². The number of hydrogen-bond donors (Lipinski definition) is 1. The summed E-state index contributed by atoms with van der Waals surface area (Å²) in [5.74, 6) is 1.39. The molecule has 33 heavy (non-hydrogen) atoms. The molecule has 8 heteroatoms. The van der Waals surface area contributed by atoms with Gasteiger partial charge in [-0.05, 0) is 87.5 Å². The van der Waals surface area contributed by atoms with E-state index in [0.29, 0.717) is 5.69 Å². The van der Waals surface area contributed by atoms with Crippen LogP contribution >= 0.6 is 0 Å². The molecule has 178 valence electrons. The van der Waals surface area contributed by atoms with Gasteiger partial charge in [0.05, 0.1) is 16.2 Å². The number of hydrogen-bond acceptors (Lipinski definition) is 6. The summed E-state index contributed by atoms with van der Waals surface area (Å²) in [6.45, 7) is 3.30. The lowest BCUT2D eigenvalue weighted by Crippen LogP contribution is -2.56. The number of non-ortho nitro benzene ring substituents is 1. The number of nitro benzene ring substituents is 1. The second-order valence-electron chi connectivity index (χ2n) is 10.8. The standard InChI is InChI=1S/C25H33N3O5/c1-16(25-12-17-8-18(13-25)10-19(9-17)14-25)26-23(29)15-33-24(30)21-11-20(28(31)32)4-5-22(21)27-6-2-3-7-27/h4-5,11,16-19H,2-3,6-10,12-15H2,1H3,(H,26,29)/t16-,17?,18?,19?,25?/m1/s1. The maximum absolute atomic E-state index is 12.9. The first kappa shape index (κ1) is 22.2. The van der Waals surface area contributed by atoms with E-state index in [9.17, 15) is 19.7 Å². The molecule has 6 rings (SSSR count). The highest BCUT2D eigenvalue weighted by Crippen LogP contribution is 2.61. The molecule has 1 saturated heterocycles. The zero-order valence-corrected chi connectivity index (χ0v) is 19.3. The van der Waals surface area contributed by atoms with Crippen molar-refractivity contribution < 1.29 is 19.2 Å². The molecule has 0 unspecified atom stereocenters. The molecule has 4 saturated carbocycles. The first-order valence-corrected chi connectivity index (χ1v) is 12.3. The molecule has 4 bridgehead atoms. The van der Waals surface area contributed by atoms with Crippen LogP contribution in [0.15, 0.2) is 18.2 Å². The Bertz CT molecular complexity index is 920. The van der Waals surface area contributed by atoms with Crippen molar-refractivity contribution in [2.45, 2.75) is 64.3 Å². The highest BCUT2D eigenvalue weighted by atomic mass is 16.6. The number of carbonyl (C=O) groups is 2. The fourth-order valence-corrected chi connectivity index (χ4v) is 7.39. The smallest absolute Gasteiger partial charge is 0.341 e.